The Balaban J connectivity index is 1.74. The summed E-state index contributed by atoms with van der Waals surface area (Å²) in [6, 6.07) is 2.74. The molecule has 0 aliphatic carbocycles. The number of piperidine rings is 1. The number of nitrogens with zero attached hydrogens (tertiary/aromatic N) is 4. The Morgan fingerprint density at radius 3 is 2.47 bits per heavy atom. The van der Waals surface area contributed by atoms with Gasteiger partial charge in [0.25, 0.3) is 0 Å². The largest absolute Gasteiger partial charge is 0.356 e. The molecule has 0 saturated carbocycles. The quantitative estimate of drug-likeness (QED) is 0.887. The summed E-state index contributed by atoms with van der Waals surface area (Å²) in [5.41, 5.74) is 0. The van der Waals surface area contributed by atoms with E-state index in [1.165, 1.54) is 25.7 Å². The third-order valence-electron chi connectivity index (χ3n) is 4.22. The summed E-state index contributed by atoms with van der Waals surface area (Å²) >= 11 is 0. The van der Waals surface area contributed by atoms with Gasteiger partial charge in [0.15, 0.2) is 0 Å². The number of likely N-dealkylation sites (N-methyl/N-ethyl adjacent to an activating group) is 1. The van der Waals surface area contributed by atoms with Crippen molar-refractivity contribution in [1.29, 1.82) is 0 Å². The number of hydrogen-bond donors (Lipinski definition) is 1. The number of nitrogens with one attached hydrogen (secondary N) is 1. The van der Waals surface area contributed by atoms with Gasteiger partial charge in [-0.15, -0.1) is 0 Å². The van der Waals surface area contributed by atoms with E-state index in [4.69, 9.17) is 0 Å². The normalized spacial score (nSPS) is 23.9. The van der Waals surface area contributed by atoms with Gasteiger partial charge in [-0.05, 0) is 32.7 Å². The van der Waals surface area contributed by atoms with Gasteiger partial charge >= 0.3 is 0 Å². The Hall–Kier alpha value is -1.36. The molecule has 104 valence electrons. The van der Waals surface area contributed by atoms with E-state index >= 15 is 0 Å². The average Bonchev–Trinajstić information content (AvgIpc) is 3.02. The highest BCUT2D eigenvalue weighted by molar-refractivity contribution is 5.50. The molecular formula is C14H23N5. The lowest BCUT2D eigenvalue weighted by Crippen LogP contribution is -2.44. The molecule has 0 aromatic carbocycles. The molecule has 1 atom stereocenters. The van der Waals surface area contributed by atoms with Gasteiger partial charge in [0.05, 0.1) is 0 Å². The van der Waals surface area contributed by atoms with Crippen molar-refractivity contribution in [2.24, 2.45) is 0 Å². The molecule has 2 fully saturated rings. The lowest BCUT2D eigenvalue weighted by Gasteiger charge is -2.33. The fourth-order valence-corrected chi connectivity index (χ4v) is 3.05. The number of aromatic nitrogens is 2. The minimum atomic E-state index is 0.582. The Morgan fingerprint density at radius 1 is 1.05 bits per heavy atom. The summed E-state index contributed by atoms with van der Waals surface area (Å²) < 4.78 is 0. The third kappa shape index (κ3) is 2.81. The van der Waals surface area contributed by atoms with Crippen LogP contribution in [0.1, 0.15) is 25.7 Å². The van der Waals surface area contributed by atoms with Gasteiger partial charge in [-0.3, -0.25) is 0 Å². The molecule has 1 aromatic heterocycles. The second kappa shape index (κ2) is 5.74. The maximum Gasteiger partial charge on any atom is 0.134 e. The van der Waals surface area contributed by atoms with Crippen LogP contribution in [0, 0.1) is 0 Å². The average molecular weight is 261 g/mol. The second-order valence-corrected chi connectivity index (χ2v) is 5.50. The highest BCUT2D eigenvalue weighted by atomic mass is 15.2. The molecule has 0 bridgehead atoms. The molecule has 1 unspecified atom stereocenters. The number of hydrogen-bond acceptors (Lipinski definition) is 5. The van der Waals surface area contributed by atoms with Gasteiger partial charge in [-0.25, -0.2) is 9.97 Å². The lowest BCUT2D eigenvalue weighted by molar-refractivity contribution is 0.447. The maximum atomic E-state index is 4.46. The van der Waals surface area contributed by atoms with Gasteiger partial charge < -0.3 is 15.1 Å². The number of anilines is 2. The number of rotatable bonds is 3. The van der Waals surface area contributed by atoms with Crippen molar-refractivity contribution in [3.05, 3.63) is 12.4 Å². The monoisotopic (exact) mass is 261 g/mol. The summed E-state index contributed by atoms with van der Waals surface area (Å²) in [6.07, 6.45) is 6.77. The van der Waals surface area contributed by atoms with Crippen LogP contribution in [0.5, 0.6) is 0 Å². The first-order valence-corrected chi connectivity index (χ1v) is 7.36. The highest BCUT2D eigenvalue weighted by Gasteiger charge is 2.21. The van der Waals surface area contributed by atoms with E-state index in [0.29, 0.717) is 6.04 Å². The van der Waals surface area contributed by atoms with Gasteiger partial charge in [0.2, 0.25) is 0 Å². The van der Waals surface area contributed by atoms with E-state index in [9.17, 15) is 0 Å². The molecule has 2 aliphatic heterocycles. The molecule has 5 nitrogen and oxygen atoms in total. The molecule has 0 radical (unpaired) electrons. The van der Waals surface area contributed by atoms with E-state index in [1.54, 1.807) is 6.33 Å². The van der Waals surface area contributed by atoms with Crippen molar-refractivity contribution in [2.75, 3.05) is 43.0 Å². The zero-order valence-electron chi connectivity index (χ0n) is 11.7. The van der Waals surface area contributed by atoms with Gasteiger partial charge in [0, 0.05) is 38.3 Å². The summed E-state index contributed by atoms with van der Waals surface area (Å²) in [4.78, 5) is 13.6. The van der Waals surface area contributed by atoms with E-state index in [0.717, 1.165) is 37.8 Å². The van der Waals surface area contributed by atoms with Crippen LogP contribution >= 0.6 is 0 Å². The van der Waals surface area contributed by atoms with Crippen molar-refractivity contribution in [2.45, 2.75) is 31.7 Å². The first kappa shape index (κ1) is 12.7. The van der Waals surface area contributed by atoms with E-state index in [1.807, 2.05) is 7.05 Å². The van der Waals surface area contributed by atoms with Gasteiger partial charge in [0.1, 0.15) is 18.0 Å². The molecule has 3 heterocycles. The topological polar surface area (TPSA) is 44.3 Å². The van der Waals surface area contributed by atoms with E-state index < -0.39 is 0 Å². The molecule has 2 saturated heterocycles. The van der Waals surface area contributed by atoms with Crippen molar-refractivity contribution in [3.63, 3.8) is 0 Å². The zero-order valence-corrected chi connectivity index (χ0v) is 11.7. The van der Waals surface area contributed by atoms with Crippen LogP contribution < -0.4 is 15.1 Å². The lowest BCUT2D eigenvalue weighted by atomic mass is 10.1. The molecule has 19 heavy (non-hydrogen) atoms. The second-order valence-electron chi connectivity index (χ2n) is 5.50. The van der Waals surface area contributed by atoms with Crippen molar-refractivity contribution >= 4 is 11.6 Å². The molecule has 1 aromatic rings. The van der Waals surface area contributed by atoms with Crippen LogP contribution in [0.2, 0.25) is 0 Å². The van der Waals surface area contributed by atoms with Crippen molar-refractivity contribution in [3.8, 4) is 0 Å². The fourth-order valence-electron chi connectivity index (χ4n) is 3.05. The summed E-state index contributed by atoms with van der Waals surface area (Å²) in [6.45, 7) is 4.42. The maximum absolute atomic E-state index is 4.46. The molecule has 3 rings (SSSR count). The van der Waals surface area contributed by atoms with Crippen LogP contribution in [0.15, 0.2) is 12.4 Å². The van der Waals surface area contributed by atoms with Crippen molar-refractivity contribution < 1.29 is 0 Å². The Kier molecular flexibility index (Phi) is 3.82. The van der Waals surface area contributed by atoms with Gasteiger partial charge in [-0.1, -0.05) is 0 Å². The fraction of sp³-hybridized carbons (Fsp3) is 0.714. The van der Waals surface area contributed by atoms with E-state index in [2.05, 4.69) is 31.2 Å². The standard InChI is InChI=1S/C14H23N5/c1-15-12-5-4-8-19(10-12)14-9-13(16-11-17-14)18-6-2-3-7-18/h9,11-12,15H,2-8,10H2,1H3. The summed E-state index contributed by atoms with van der Waals surface area (Å²) in [7, 11) is 2.05. The molecule has 1 N–H and O–H groups in total. The highest BCUT2D eigenvalue weighted by Crippen LogP contribution is 2.23. The Morgan fingerprint density at radius 2 is 1.74 bits per heavy atom. The predicted molar refractivity (Wildman–Crippen MR) is 77.8 cm³/mol. The molecule has 0 amide bonds. The first-order valence-electron chi connectivity index (χ1n) is 7.36. The summed E-state index contributed by atoms with van der Waals surface area (Å²) in [5, 5.41) is 3.38. The van der Waals surface area contributed by atoms with Crippen LogP contribution in [0.4, 0.5) is 11.6 Å². The minimum absolute atomic E-state index is 0.582. The summed E-state index contributed by atoms with van der Waals surface area (Å²) in [5.74, 6) is 2.17. The molecular weight excluding hydrogens is 238 g/mol. The Labute approximate surface area is 115 Å². The van der Waals surface area contributed by atoms with E-state index in [-0.39, 0.29) is 0 Å². The van der Waals surface area contributed by atoms with Crippen LogP contribution in [-0.2, 0) is 0 Å². The first-order chi connectivity index (χ1) is 9.36. The molecule has 0 spiro atoms. The van der Waals surface area contributed by atoms with Crippen LogP contribution in [-0.4, -0.2) is 49.2 Å². The van der Waals surface area contributed by atoms with Crippen LogP contribution in [0.25, 0.3) is 0 Å². The predicted octanol–water partition coefficient (Wildman–Crippen LogP) is 1.26. The third-order valence-corrected chi connectivity index (χ3v) is 4.22. The van der Waals surface area contributed by atoms with Crippen LogP contribution in [0.3, 0.4) is 0 Å². The van der Waals surface area contributed by atoms with Gasteiger partial charge in [-0.2, -0.15) is 0 Å². The van der Waals surface area contributed by atoms with Crippen molar-refractivity contribution in [1.82, 2.24) is 15.3 Å². The Bertz CT molecular complexity index is 416. The zero-order chi connectivity index (χ0) is 13.1. The molecule has 5 heteroatoms. The smallest absolute Gasteiger partial charge is 0.134 e. The molecule has 2 aliphatic rings. The SMILES string of the molecule is CNC1CCCN(c2cc(N3CCCC3)ncn2)C1. The minimum Gasteiger partial charge on any atom is -0.356 e.